The first-order valence-electron chi connectivity index (χ1n) is 8.64. The molecule has 0 spiro atoms. The van der Waals surface area contributed by atoms with E-state index in [2.05, 4.69) is 10.3 Å². The Kier molecular flexibility index (Phi) is 4.43. The minimum absolute atomic E-state index is 0.0342. The molecule has 1 atom stereocenters. The average molecular weight is 362 g/mol. The predicted octanol–water partition coefficient (Wildman–Crippen LogP) is 2.38. The van der Waals surface area contributed by atoms with Crippen molar-refractivity contribution >= 4 is 34.1 Å². The number of nitrogens with zero attached hydrogens (tertiary/aromatic N) is 2. The summed E-state index contributed by atoms with van der Waals surface area (Å²) in [6.45, 7) is 0.619. The Morgan fingerprint density at radius 2 is 1.96 bits per heavy atom. The van der Waals surface area contributed by atoms with Crippen LogP contribution in [0.25, 0.3) is 10.9 Å². The van der Waals surface area contributed by atoms with E-state index in [0.717, 1.165) is 22.3 Å². The van der Waals surface area contributed by atoms with Gasteiger partial charge in [0.2, 0.25) is 5.91 Å². The Hall–Kier alpha value is -3.45. The van der Waals surface area contributed by atoms with Gasteiger partial charge in [0, 0.05) is 29.4 Å². The molecule has 1 saturated heterocycles. The van der Waals surface area contributed by atoms with Crippen molar-refractivity contribution in [2.24, 2.45) is 0 Å². The van der Waals surface area contributed by atoms with Crippen molar-refractivity contribution in [3.05, 3.63) is 66.4 Å². The van der Waals surface area contributed by atoms with Crippen LogP contribution in [0.15, 0.2) is 60.8 Å². The van der Waals surface area contributed by atoms with E-state index in [-0.39, 0.29) is 11.9 Å². The molecular formula is C20H18N4O3. The van der Waals surface area contributed by atoms with Crippen LogP contribution in [0.4, 0.5) is 11.4 Å². The third-order valence-corrected chi connectivity index (χ3v) is 4.72. The number of amides is 2. The van der Waals surface area contributed by atoms with Crippen molar-refractivity contribution in [3.8, 4) is 0 Å². The highest BCUT2D eigenvalue weighted by atomic mass is 16.5. The van der Waals surface area contributed by atoms with Gasteiger partial charge in [0.1, 0.15) is 6.04 Å². The van der Waals surface area contributed by atoms with E-state index in [1.54, 1.807) is 35.9 Å². The Morgan fingerprint density at radius 1 is 1.15 bits per heavy atom. The first kappa shape index (κ1) is 17.0. The highest BCUT2D eigenvalue weighted by Gasteiger charge is 2.32. The first-order chi connectivity index (χ1) is 13.2. The molecular weight excluding hydrogens is 344 g/mol. The van der Waals surface area contributed by atoms with Gasteiger partial charge in [-0.2, -0.15) is 0 Å². The molecule has 27 heavy (non-hydrogen) atoms. The molecule has 136 valence electrons. The van der Waals surface area contributed by atoms with Crippen LogP contribution >= 0.6 is 0 Å². The largest absolute Gasteiger partial charge is 0.354 e. The summed E-state index contributed by atoms with van der Waals surface area (Å²) in [5.74, 6) is -0.617. The molecule has 3 N–H and O–H groups in total. The summed E-state index contributed by atoms with van der Waals surface area (Å²) >= 11 is 0. The number of rotatable bonds is 4. The summed E-state index contributed by atoms with van der Waals surface area (Å²) in [7, 11) is 0. The average Bonchev–Trinajstić information content (AvgIpc) is 3.14. The van der Waals surface area contributed by atoms with Gasteiger partial charge >= 0.3 is 0 Å². The van der Waals surface area contributed by atoms with Crippen molar-refractivity contribution < 1.29 is 14.8 Å². The van der Waals surface area contributed by atoms with Crippen LogP contribution in [-0.4, -0.2) is 34.6 Å². The number of hydrogen-bond donors (Lipinski definition) is 3. The van der Waals surface area contributed by atoms with E-state index >= 15 is 0 Å². The standard InChI is InChI=1S/C20H18N4O3/c25-19(23-27)13-6-8-14(9-7-13)24(18-10-12-22-20(18)26)17-5-1-4-16-15(17)3-2-11-21-16/h1-9,11,18,27H,10,12H2,(H,22,26)(H,23,25). The van der Waals surface area contributed by atoms with Crippen LogP contribution in [0, 0.1) is 0 Å². The normalized spacial score (nSPS) is 16.2. The van der Waals surface area contributed by atoms with E-state index in [1.165, 1.54) is 0 Å². The lowest BCUT2D eigenvalue weighted by atomic mass is 10.1. The number of hydrogen-bond acceptors (Lipinski definition) is 5. The van der Waals surface area contributed by atoms with E-state index in [0.29, 0.717) is 18.5 Å². The summed E-state index contributed by atoms with van der Waals surface area (Å²) in [6.07, 6.45) is 2.41. The van der Waals surface area contributed by atoms with E-state index in [1.807, 2.05) is 35.2 Å². The monoisotopic (exact) mass is 362 g/mol. The quantitative estimate of drug-likeness (QED) is 0.489. The Bertz CT molecular complexity index is 998. The minimum Gasteiger partial charge on any atom is -0.354 e. The van der Waals surface area contributed by atoms with Crippen molar-refractivity contribution in [1.82, 2.24) is 15.8 Å². The van der Waals surface area contributed by atoms with Gasteiger partial charge in [0.15, 0.2) is 0 Å². The lowest BCUT2D eigenvalue weighted by Gasteiger charge is -2.30. The van der Waals surface area contributed by atoms with Crippen molar-refractivity contribution in [2.75, 3.05) is 11.4 Å². The second kappa shape index (κ2) is 7.05. The van der Waals surface area contributed by atoms with Gasteiger partial charge in [-0.25, -0.2) is 5.48 Å². The third-order valence-electron chi connectivity index (χ3n) is 4.72. The molecule has 1 unspecified atom stereocenters. The zero-order chi connectivity index (χ0) is 18.8. The molecule has 0 saturated carbocycles. The Labute approximate surface area is 155 Å². The highest BCUT2D eigenvalue weighted by molar-refractivity contribution is 5.99. The molecule has 0 bridgehead atoms. The van der Waals surface area contributed by atoms with E-state index in [4.69, 9.17) is 5.21 Å². The van der Waals surface area contributed by atoms with Crippen LogP contribution in [0.2, 0.25) is 0 Å². The summed E-state index contributed by atoms with van der Waals surface area (Å²) in [6, 6.07) is 16.1. The maximum Gasteiger partial charge on any atom is 0.274 e. The molecule has 7 nitrogen and oxygen atoms in total. The Morgan fingerprint density at radius 3 is 2.67 bits per heavy atom. The topological polar surface area (TPSA) is 94.6 Å². The summed E-state index contributed by atoms with van der Waals surface area (Å²) in [4.78, 5) is 30.4. The molecule has 0 aliphatic carbocycles. The number of aromatic nitrogens is 1. The molecule has 2 amide bonds. The molecule has 1 aromatic heterocycles. The lowest BCUT2D eigenvalue weighted by Crippen LogP contribution is -2.37. The molecule has 1 aliphatic rings. The smallest absolute Gasteiger partial charge is 0.274 e. The first-order valence-corrected chi connectivity index (χ1v) is 8.64. The minimum atomic E-state index is -0.582. The number of benzene rings is 2. The number of carbonyl (C=O) groups excluding carboxylic acids is 2. The van der Waals surface area contributed by atoms with Crippen LogP contribution in [0.5, 0.6) is 0 Å². The fraction of sp³-hybridized carbons (Fsp3) is 0.150. The van der Waals surface area contributed by atoms with Gasteiger partial charge < -0.3 is 10.2 Å². The lowest BCUT2D eigenvalue weighted by molar-refractivity contribution is -0.120. The van der Waals surface area contributed by atoms with Gasteiger partial charge in [-0.1, -0.05) is 6.07 Å². The van der Waals surface area contributed by atoms with Crippen LogP contribution in [0.1, 0.15) is 16.8 Å². The van der Waals surface area contributed by atoms with Crippen LogP contribution in [0.3, 0.4) is 0 Å². The summed E-state index contributed by atoms with van der Waals surface area (Å²) in [5, 5.41) is 12.6. The third kappa shape index (κ3) is 3.09. The zero-order valence-electron chi connectivity index (χ0n) is 14.4. The second-order valence-electron chi connectivity index (χ2n) is 6.30. The fourth-order valence-corrected chi connectivity index (χ4v) is 3.45. The van der Waals surface area contributed by atoms with Crippen molar-refractivity contribution in [3.63, 3.8) is 0 Å². The molecule has 2 aromatic carbocycles. The number of hydroxylamine groups is 1. The van der Waals surface area contributed by atoms with Gasteiger partial charge in [-0.3, -0.25) is 19.8 Å². The maximum atomic E-state index is 12.5. The van der Waals surface area contributed by atoms with Gasteiger partial charge in [0.05, 0.1) is 11.2 Å². The molecule has 1 aliphatic heterocycles. The molecule has 4 rings (SSSR count). The molecule has 2 heterocycles. The molecule has 7 heteroatoms. The fourth-order valence-electron chi connectivity index (χ4n) is 3.45. The van der Waals surface area contributed by atoms with Crippen molar-refractivity contribution in [2.45, 2.75) is 12.5 Å². The van der Waals surface area contributed by atoms with E-state index < -0.39 is 5.91 Å². The number of fused-ring (bicyclic) bond motifs is 1. The van der Waals surface area contributed by atoms with Gasteiger partial charge in [-0.05, 0) is 55.0 Å². The molecule has 1 fully saturated rings. The summed E-state index contributed by atoms with van der Waals surface area (Å²) < 4.78 is 0. The van der Waals surface area contributed by atoms with E-state index in [9.17, 15) is 9.59 Å². The number of anilines is 2. The van der Waals surface area contributed by atoms with Crippen molar-refractivity contribution in [1.29, 1.82) is 0 Å². The number of nitrogens with one attached hydrogen (secondary N) is 2. The predicted molar refractivity (Wildman–Crippen MR) is 101 cm³/mol. The Balaban J connectivity index is 1.85. The second-order valence-corrected chi connectivity index (χ2v) is 6.30. The molecule has 0 radical (unpaired) electrons. The number of pyridine rings is 1. The number of carbonyl (C=O) groups is 2. The van der Waals surface area contributed by atoms with Gasteiger partial charge in [0.25, 0.3) is 5.91 Å². The van der Waals surface area contributed by atoms with Crippen LogP contribution < -0.4 is 15.7 Å². The maximum absolute atomic E-state index is 12.5. The zero-order valence-corrected chi connectivity index (χ0v) is 14.4. The van der Waals surface area contributed by atoms with Gasteiger partial charge in [-0.15, -0.1) is 0 Å². The van der Waals surface area contributed by atoms with Crippen LogP contribution in [-0.2, 0) is 4.79 Å². The molecule has 3 aromatic rings. The highest BCUT2D eigenvalue weighted by Crippen LogP contribution is 2.35. The summed E-state index contributed by atoms with van der Waals surface area (Å²) in [5.41, 5.74) is 4.45. The SMILES string of the molecule is O=C(NO)c1ccc(N(c2cccc3ncccc23)C2CCNC2=O)cc1.